The summed E-state index contributed by atoms with van der Waals surface area (Å²) < 4.78 is 29.9. The third kappa shape index (κ3) is 4.05. The minimum atomic E-state index is -4.13. The number of nitrogens with two attached hydrogens (primary N) is 1. The number of ether oxygens (including phenoxy) is 1. The maximum atomic E-state index is 13.2. The second kappa shape index (κ2) is 8.82. The molecule has 3 saturated carbocycles. The number of sulfonamides is 1. The van der Waals surface area contributed by atoms with Gasteiger partial charge in [0.1, 0.15) is 11.0 Å². The zero-order valence-corrected chi connectivity index (χ0v) is 23.2. The second-order valence-electron chi connectivity index (χ2n) is 11.8. The van der Waals surface area contributed by atoms with Gasteiger partial charge in [0.05, 0.1) is 15.6 Å². The van der Waals surface area contributed by atoms with Crippen molar-refractivity contribution in [1.82, 2.24) is 0 Å². The van der Waals surface area contributed by atoms with Crippen LogP contribution in [0.1, 0.15) is 76.1 Å². The second-order valence-corrected chi connectivity index (χ2v) is 14.2. The molecule has 0 amide bonds. The molecule has 0 aliphatic heterocycles. The first-order valence-corrected chi connectivity index (χ1v) is 15.0. The standard InChI is InChI=1S/C27H33Cl2NO5S/c1-14-10-16-18-4-5-24(35-25(32)17-12-23(36(30,33)34)22(29)13-21(17)28)27(18,3)9-7-19(16)26(2)8-6-15(31)11-20(14)26/h11-14,16,18-19,24H,4-10H2,1-3H3,(H2,30,33,34)/t14-,16?,18?,19?,24-,26+,27-/m0/s1. The number of fused-ring (bicyclic) bond motifs is 5. The Kier molecular flexibility index (Phi) is 6.42. The lowest BCUT2D eigenvalue weighted by Crippen LogP contribution is -2.53. The molecule has 0 spiro atoms. The van der Waals surface area contributed by atoms with E-state index in [2.05, 4.69) is 20.8 Å². The van der Waals surface area contributed by atoms with Crippen LogP contribution in [0.2, 0.25) is 10.0 Å². The molecular formula is C27H33Cl2NO5S. The largest absolute Gasteiger partial charge is 0.458 e. The number of hydrogen-bond donors (Lipinski definition) is 1. The zero-order valence-electron chi connectivity index (χ0n) is 20.9. The van der Waals surface area contributed by atoms with Gasteiger partial charge in [0.25, 0.3) is 0 Å². The fourth-order valence-electron chi connectivity index (χ4n) is 8.23. The van der Waals surface area contributed by atoms with Crippen LogP contribution in [-0.4, -0.2) is 26.3 Å². The van der Waals surface area contributed by atoms with Crippen molar-refractivity contribution in [3.05, 3.63) is 39.4 Å². The fourth-order valence-corrected chi connectivity index (χ4v) is 9.62. The number of halogens is 2. The summed E-state index contributed by atoms with van der Waals surface area (Å²) in [6.45, 7) is 6.85. The number of hydrogen-bond acceptors (Lipinski definition) is 5. The van der Waals surface area contributed by atoms with E-state index in [0.717, 1.165) is 44.6 Å². The van der Waals surface area contributed by atoms with Gasteiger partial charge in [-0.25, -0.2) is 18.4 Å². The van der Waals surface area contributed by atoms with Gasteiger partial charge in [-0.05, 0) is 85.8 Å². The molecule has 0 bridgehead atoms. The lowest BCUT2D eigenvalue weighted by atomic mass is 9.45. The third-order valence-corrected chi connectivity index (χ3v) is 11.7. The smallest absolute Gasteiger partial charge is 0.339 e. The minimum Gasteiger partial charge on any atom is -0.458 e. The first-order valence-electron chi connectivity index (χ1n) is 12.7. The number of primary sulfonamides is 1. The van der Waals surface area contributed by atoms with Crippen LogP contribution in [0.4, 0.5) is 0 Å². The molecule has 0 aromatic heterocycles. The van der Waals surface area contributed by atoms with E-state index in [0.29, 0.717) is 30.1 Å². The van der Waals surface area contributed by atoms with E-state index in [1.165, 1.54) is 11.6 Å². The Morgan fingerprint density at radius 3 is 2.50 bits per heavy atom. The Labute approximate surface area is 223 Å². The van der Waals surface area contributed by atoms with Gasteiger partial charge in [-0.2, -0.15) is 0 Å². The molecule has 2 N–H and O–H groups in total. The molecule has 5 rings (SSSR count). The topological polar surface area (TPSA) is 104 Å². The Morgan fingerprint density at radius 2 is 1.81 bits per heavy atom. The van der Waals surface area contributed by atoms with Gasteiger partial charge in [-0.3, -0.25) is 4.79 Å². The maximum absolute atomic E-state index is 13.2. The number of ketones is 1. The van der Waals surface area contributed by atoms with Crippen LogP contribution < -0.4 is 5.14 Å². The van der Waals surface area contributed by atoms with E-state index >= 15 is 0 Å². The molecule has 6 nitrogen and oxygen atoms in total. The summed E-state index contributed by atoms with van der Waals surface area (Å²) in [5.74, 6) is 1.44. The predicted octanol–water partition coefficient (Wildman–Crippen LogP) is 5.94. The Morgan fingerprint density at radius 1 is 1.08 bits per heavy atom. The summed E-state index contributed by atoms with van der Waals surface area (Å²) in [7, 11) is -4.13. The fraction of sp³-hybridized carbons (Fsp3) is 0.630. The van der Waals surface area contributed by atoms with Gasteiger partial charge < -0.3 is 4.74 Å². The molecule has 1 aromatic rings. The molecule has 0 heterocycles. The van der Waals surface area contributed by atoms with E-state index in [1.54, 1.807) is 0 Å². The molecule has 3 fully saturated rings. The van der Waals surface area contributed by atoms with Gasteiger partial charge in [0, 0.05) is 11.8 Å². The quantitative estimate of drug-likeness (QED) is 0.466. The number of carbonyl (C=O) groups is 2. The highest BCUT2D eigenvalue weighted by Gasteiger charge is 2.61. The summed E-state index contributed by atoms with van der Waals surface area (Å²) in [6.07, 6.45) is 7.98. The highest BCUT2D eigenvalue weighted by molar-refractivity contribution is 7.89. The Bertz CT molecular complexity index is 1280. The molecule has 9 heteroatoms. The SMILES string of the molecule is C[C@H]1CC2C(CC[C@@]3(C)C2CC[C@@H]3OC(=O)c2cc(S(N)(=O)=O)c(Cl)cc2Cl)[C@@]2(C)CCC(=O)C=C12. The lowest BCUT2D eigenvalue weighted by molar-refractivity contribution is -0.118. The molecule has 0 saturated heterocycles. The van der Waals surface area contributed by atoms with E-state index in [9.17, 15) is 18.0 Å². The van der Waals surface area contributed by atoms with Crippen molar-refractivity contribution in [1.29, 1.82) is 0 Å². The molecular weight excluding hydrogens is 521 g/mol. The van der Waals surface area contributed by atoms with Crippen LogP contribution in [0.5, 0.6) is 0 Å². The van der Waals surface area contributed by atoms with E-state index in [-0.39, 0.29) is 43.2 Å². The highest BCUT2D eigenvalue weighted by atomic mass is 35.5. The molecule has 1 aromatic carbocycles. The van der Waals surface area contributed by atoms with Crippen molar-refractivity contribution in [3.8, 4) is 0 Å². The highest BCUT2D eigenvalue weighted by Crippen LogP contribution is 2.66. The van der Waals surface area contributed by atoms with Crippen LogP contribution in [0.15, 0.2) is 28.7 Å². The van der Waals surface area contributed by atoms with Crippen LogP contribution in [0.3, 0.4) is 0 Å². The summed E-state index contributed by atoms with van der Waals surface area (Å²) >= 11 is 12.3. The maximum Gasteiger partial charge on any atom is 0.339 e. The molecule has 4 aliphatic rings. The average Bonchev–Trinajstić information content (AvgIpc) is 3.10. The Hall–Kier alpha value is -1.41. The number of rotatable bonds is 3. The first kappa shape index (κ1) is 26.2. The summed E-state index contributed by atoms with van der Waals surface area (Å²) in [5, 5.41) is 5.15. The molecule has 196 valence electrons. The van der Waals surface area contributed by atoms with Gasteiger partial charge in [-0.1, -0.05) is 49.5 Å². The summed E-state index contributed by atoms with van der Waals surface area (Å²) in [5.41, 5.74) is 1.19. The van der Waals surface area contributed by atoms with Crippen molar-refractivity contribution in [3.63, 3.8) is 0 Å². The van der Waals surface area contributed by atoms with Gasteiger partial charge in [-0.15, -0.1) is 0 Å². The molecule has 7 atom stereocenters. The van der Waals surface area contributed by atoms with Crippen LogP contribution in [0, 0.1) is 34.5 Å². The van der Waals surface area contributed by atoms with Crippen molar-refractivity contribution in [2.24, 2.45) is 39.6 Å². The normalized spacial score (nSPS) is 38.0. The average molecular weight is 555 g/mol. The molecule has 0 radical (unpaired) electrons. The lowest BCUT2D eigenvalue weighted by Gasteiger charge is -2.59. The zero-order chi connectivity index (χ0) is 26.2. The monoisotopic (exact) mass is 553 g/mol. The van der Waals surface area contributed by atoms with Gasteiger partial charge in [0.15, 0.2) is 5.78 Å². The van der Waals surface area contributed by atoms with Gasteiger partial charge in [0.2, 0.25) is 10.0 Å². The van der Waals surface area contributed by atoms with Crippen molar-refractivity contribution in [2.75, 3.05) is 0 Å². The number of esters is 1. The van der Waals surface area contributed by atoms with Crippen molar-refractivity contribution in [2.45, 2.75) is 76.7 Å². The molecule has 4 aliphatic carbocycles. The summed E-state index contributed by atoms with van der Waals surface area (Å²) in [6, 6.07) is 2.32. The van der Waals surface area contributed by atoms with Crippen LogP contribution in [-0.2, 0) is 19.6 Å². The number of carbonyl (C=O) groups excluding carboxylic acids is 2. The Balaban J connectivity index is 1.40. The molecule has 36 heavy (non-hydrogen) atoms. The van der Waals surface area contributed by atoms with E-state index < -0.39 is 16.0 Å². The minimum absolute atomic E-state index is 0.0287. The van der Waals surface area contributed by atoms with Crippen LogP contribution >= 0.6 is 23.2 Å². The van der Waals surface area contributed by atoms with Crippen molar-refractivity contribution >= 4 is 45.0 Å². The molecule has 3 unspecified atom stereocenters. The van der Waals surface area contributed by atoms with E-state index in [4.69, 9.17) is 33.1 Å². The van der Waals surface area contributed by atoms with E-state index in [1.807, 2.05) is 6.08 Å². The van der Waals surface area contributed by atoms with Gasteiger partial charge >= 0.3 is 5.97 Å². The van der Waals surface area contributed by atoms with Crippen LogP contribution in [0.25, 0.3) is 0 Å². The number of benzene rings is 1. The third-order valence-electron chi connectivity index (χ3n) is 9.99. The first-order chi connectivity index (χ1) is 16.8. The predicted molar refractivity (Wildman–Crippen MR) is 138 cm³/mol. The van der Waals surface area contributed by atoms with Crippen molar-refractivity contribution < 1.29 is 22.7 Å². The number of allylic oxidation sites excluding steroid dienone is 1. The summed E-state index contributed by atoms with van der Waals surface area (Å²) in [4.78, 5) is 25.1.